The molecule has 0 saturated heterocycles. The number of hydrogen-bond donors (Lipinski definition) is 2. The van der Waals surface area contributed by atoms with Gasteiger partial charge in [-0.3, -0.25) is 9.35 Å². The molecule has 1 amide bonds. The van der Waals surface area contributed by atoms with Gasteiger partial charge in [-0.05, 0) is 13.8 Å². The van der Waals surface area contributed by atoms with Gasteiger partial charge in [-0.2, -0.15) is 8.42 Å². The molecule has 0 heterocycles. The van der Waals surface area contributed by atoms with E-state index in [2.05, 4.69) is 5.32 Å². The first-order valence-electron chi connectivity index (χ1n) is 3.48. The number of carbonyl (C=O) groups is 1. The molecule has 0 aromatic heterocycles. The molecule has 0 saturated carbocycles. The minimum atomic E-state index is -4.24. The van der Waals surface area contributed by atoms with Gasteiger partial charge in [0.25, 0.3) is 10.1 Å². The van der Waals surface area contributed by atoms with E-state index in [9.17, 15) is 13.2 Å². The zero-order chi connectivity index (χ0) is 9.99. The second-order valence-corrected chi connectivity index (χ2v) is 4.86. The molecular formula is C6H14NNaO4S. The summed E-state index contributed by atoms with van der Waals surface area (Å²) in [5, 5.41) is 2.17. The van der Waals surface area contributed by atoms with E-state index < -0.39 is 20.9 Å². The standard InChI is InChI=1S/C6H13NO4S.Na.H/c1-4-5(8)7-6(2,3)12(9,10)11;;/h4H2,1-3H3,(H,7,8)(H,9,10,11);;. The summed E-state index contributed by atoms with van der Waals surface area (Å²) in [6, 6.07) is 0. The summed E-state index contributed by atoms with van der Waals surface area (Å²) < 4.78 is 29.9. The van der Waals surface area contributed by atoms with Crippen molar-refractivity contribution >= 4 is 45.6 Å². The van der Waals surface area contributed by atoms with Gasteiger partial charge >= 0.3 is 29.6 Å². The Kier molecular flexibility index (Phi) is 6.47. The summed E-state index contributed by atoms with van der Waals surface area (Å²) >= 11 is 0. The Labute approximate surface area is 100 Å². The molecule has 0 aliphatic carbocycles. The fourth-order valence-electron chi connectivity index (χ4n) is 0.489. The van der Waals surface area contributed by atoms with Gasteiger partial charge in [0, 0.05) is 6.42 Å². The number of amides is 1. The van der Waals surface area contributed by atoms with Gasteiger partial charge in [-0.25, -0.2) is 0 Å². The van der Waals surface area contributed by atoms with E-state index in [0.717, 1.165) is 0 Å². The van der Waals surface area contributed by atoms with Gasteiger partial charge in [-0.1, -0.05) is 6.92 Å². The zero-order valence-electron chi connectivity index (χ0n) is 7.29. The second kappa shape index (κ2) is 5.31. The molecule has 74 valence electrons. The Morgan fingerprint density at radius 2 is 1.85 bits per heavy atom. The summed E-state index contributed by atoms with van der Waals surface area (Å²) in [5.41, 5.74) is 0. The quantitative estimate of drug-likeness (QED) is 0.494. The predicted octanol–water partition coefficient (Wildman–Crippen LogP) is -0.512. The van der Waals surface area contributed by atoms with Crippen LogP contribution in [0, 0.1) is 0 Å². The van der Waals surface area contributed by atoms with Crippen LogP contribution < -0.4 is 5.32 Å². The number of rotatable bonds is 3. The van der Waals surface area contributed by atoms with Crippen LogP contribution in [0.4, 0.5) is 0 Å². The molecule has 0 atom stereocenters. The molecule has 0 radical (unpaired) electrons. The van der Waals surface area contributed by atoms with E-state index in [0.29, 0.717) is 0 Å². The van der Waals surface area contributed by atoms with Crippen molar-refractivity contribution in [1.82, 2.24) is 5.32 Å². The van der Waals surface area contributed by atoms with Gasteiger partial charge in [-0.15, -0.1) is 0 Å². The van der Waals surface area contributed by atoms with Gasteiger partial charge < -0.3 is 5.32 Å². The SMILES string of the molecule is CCC(=O)NC(C)(C)S(=O)(=O)O.[NaH]. The maximum absolute atomic E-state index is 10.8. The normalized spacial score (nSPS) is 11.7. The van der Waals surface area contributed by atoms with Crippen molar-refractivity contribution in [2.75, 3.05) is 0 Å². The van der Waals surface area contributed by atoms with Gasteiger partial charge in [0.05, 0.1) is 0 Å². The van der Waals surface area contributed by atoms with E-state index in [4.69, 9.17) is 4.55 Å². The van der Waals surface area contributed by atoms with Crippen molar-refractivity contribution in [3.63, 3.8) is 0 Å². The first-order valence-corrected chi connectivity index (χ1v) is 4.92. The molecule has 0 fully saturated rings. The summed E-state index contributed by atoms with van der Waals surface area (Å²) in [7, 11) is -4.24. The van der Waals surface area contributed by atoms with Crippen LogP contribution in [0.1, 0.15) is 27.2 Å². The molecule has 0 aromatic rings. The third-order valence-electron chi connectivity index (χ3n) is 1.41. The zero-order valence-corrected chi connectivity index (χ0v) is 8.10. The molecule has 0 rings (SSSR count). The van der Waals surface area contributed by atoms with E-state index in [-0.39, 0.29) is 36.0 Å². The molecule has 0 aromatic carbocycles. The van der Waals surface area contributed by atoms with Crippen LogP contribution in [-0.4, -0.2) is 53.3 Å². The van der Waals surface area contributed by atoms with Crippen molar-refractivity contribution in [2.24, 2.45) is 0 Å². The molecule has 7 heteroatoms. The van der Waals surface area contributed by atoms with Crippen molar-refractivity contribution in [3.05, 3.63) is 0 Å². The number of nitrogens with one attached hydrogen (secondary N) is 1. The third-order valence-corrected chi connectivity index (χ3v) is 2.80. The molecule has 5 nitrogen and oxygen atoms in total. The van der Waals surface area contributed by atoms with Crippen molar-refractivity contribution in [2.45, 2.75) is 32.1 Å². The predicted molar refractivity (Wildman–Crippen MR) is 51.2 cm³/mol. The van der Waals surface area contributed by atoms with Crippen LogP contribution >= 0.6 is 0 Å². The minimum absolute atomic E-state index is 0. The van der Waals surface area contributed by atoms with Crippen molar-refractivity contribution < 1.29 is 17.8 Å². The van der Waals surface area contributed by atoms with Gasteiger partial charge in [0.1, 0.15) is 0 Å². The molecular weight excluding hydrogens is 205 g/mol. The summed E-state index contributed by atoms with van der Waals surface area (Å²) in [6.45, 7) is 4.03. The molecule has 0 bridgehead atoms. The average Bonchev–Trinajstić information content (AvgIpc) is 1.84. The van der Waals surface area contributed by atoms with E-state index in [1.165, 1.54) is 13.8 Å². The second-order valence-electron chi connectivity index (χ2n) is 2.89. The van der Waals surface area contributed by atoms with E-state index in [1.807, 2.05) is 0 Å². The Morgan fingerprint density at radius 1 is 1.46 bits per heavy atom. The van der Waals surface area contributed by atoms with Crippen LogP contribution in [-0.2, 0) is 14.9 Å². The Balaban J connectivity index is 0. The van der Waals surface area contributed by atoms with Gasteiger partial charge in [0.15, 0.2) is 4.87 Å². The molecule has 2 N–H and O–H groups in total. The van der Waals surface area contributed by atoms with E-state index in [1.54, 1.807) is 6.92 Å². The van der Waals surface area contributed by atoms with Gasteiger partial charge in [0.2, 0.25) is 5.91 Å². The van der Waals surface area contributed by atoms with Crippen LogP contribution in [0.3, 0.4) is 0 Å². The summed E-state index contributed by atoms with van der Waals surface area (Å²) in [5.74, 6) is -0.419. The Hall–Kier alpha value is 0.380. The fourth-order valence-corrected chi connectivity index (χ4v) is 0.731. The Bertz CT molecular complexity index is 272. The topological polar surface area (TPSA) is 83.5 Å². The number of carbonyl (C=O) groups excluding carboxylic acids is 1. The van der Waals surface area contributed by atoms with Crippen LogP contribution in [0.25, 0.3) is 0 Å². The molecule has 0 unspecified atom stereocenters. The summed E-state index contributed by atoms with van der Waals surface area (Å²) in [4.78, 5) is 9.18. The molecule has 13 heavy (non-hydrogen) atoms. The monoisotopic (exact) mass is 219 g/mol. The Morgan fingerprint density at radius 3 is 2.08 bits per heavy atom. The summed E-state index contributed by atoms with van der Waals surface area (Å²) in [6.07, 6.45) is 0.180. The molecule has 0 aliphatic rings. The van der Waals surface area contributed by atoms with Crippen LogP contribution in [0.2, 0.25) is 0 Å². The fraction of sp³-hybridized carbons (Fsp3) is 0.833. The first kappa shape index (κ1) is 15.8. The van der Waals surface area contributed by atoms with Crippen LogP contribution in [0.15, 0.2) is 0 Å². The average molecular weight is 219 g/mol. The maximum atomic E-state index is 10.8. The van der Waals surface area contributed by atoms with E-state index >= 15 is 0 Å². The first-order chi connectivity index (χ1) is 5.20. The number of hydrogen-bond acceptors (Lipinski definition) is 3. The van der Waals surface area contributed by atoms with Crippen molar-refractivity contribution in [1.29, 1.82) is 0 Å². The third kappa shape index (κ3) is 4.97. The van der Waals surface area contributed by atoms with Crippen molar-refractivity contribution in [3.8, 4) is 0 Å². The van der Waals surface area contributed by atoms with Crippen LogP contribution in [0.5, 0.6) is 0 Å². The molecule has 0 aliphatic heterocycles. The molecule has 0 spiro atoms.